The number of halogens is 2. The predicted octanol–water partition coefficient (Wildman–Crippen LogP) is 4.73. The van der Waals surface area contributed by atoms with Crippen LogP contribution in [0.5, 0.6) is 0 Å². The second-order valence-electron chi connectivity index (χ2n) is 7.35. The van der Waals surface area contributed by atoms with Crippen molar-refractivity contribution in [3.05, 3.63) is 93.6 Å². The van der Waals surface area contributed by atoms with Gasteiger partial charge >= 0.3 is 0 Å². The van der Waals surface area contributed by atoms with Crippen molar-refractivity contribution in [3.63, 3.8) is 0 Å². The summed E-state index contributed by atoms with van der Waals surface area (Å²) in [6, 6.07) is 11.4. The molecule has 9 heteroatoms. The summed E-state index contributed by atoms with van der Waals surface area (Å²) in [6.45, 7) is 0.319. The number of fused-ring (bicyclic) bond motifs is 2. The number of rotatable bonds is 5. The Labute approximate surface area is 192 Å². The van der Waals surface area contributed by atoms with Crippen molar-refractivity contribution in [2.75, 3.05) is 0 Å². The lowest BCUT2D eigenvalue weighted by Crippen LogP contribution is -2.23. The fourth-order valence-corrected chi connectivity index (χ4v) is 3.86. The SMILES string of the molecule is O=C(NCc1cnc2[nH]cc(Cl)c2c1)c1cnnc(Cc2ccc3ncc(Cl)cc3c2)c1. The molecule has 0 fully saturated rings. The van der Waals surface area contributed by atoms with E-state index in [0.717, 1.165) is 27.4 Å². The van der Waals surface area contributed by atoms with Gasteiger partial charge in [-0.2, -0.15) is 10.2 Å². The van der Waals surface area contributed by atoms with Crippen molar-refractivity contribution in [1.29, 1.82) is 0 Å². The average Bonchev–Trinajstić information content (AvgIpc) is 3.17. The number of hydrogen-bond donors (Lipinski definition) is 2. The van der Waals surface area contributed by atoms with E-state index in [1.54, 1.807) is 24.7 Å². The van der Waals surface area contributed by atoms with Gasteiger partial charge in [0.05, 0.1) is 33.0 Å². The largest absolute Gasteiger partial charge is 0.348 e. The predicted molar refractivity (Wildman–Crippen MR) is 124 cm³/mol. The summed E-state index contributed by atoms with van der Waals surface area (Å²) < 4.78 is 0. The van der Waals surface area contributed by atoms with Crippen LogP contribution in [0.3, 0.4) is 0 Å². The summed E-state index contributed by atoms with van der Waals surface area (Å²) in [5.41, 5.74) is 4.57. The van der Waals surface area contributed by atoms with Crippen molar-refractivity contribution in [1.82, 2.24) is 30.5 Å². The van der Waals surface area contributed by atoms with Gasteiger partial charge in [-0.15, -0.1) is 0 Å². The summed E-state index contributed by atoms with van der Waals surface area (Å²) in [5, 5.41) is 14.0. The molecule has 4 aromatic heterocycles. The van der Waals surface area contributed by atoms with E-state index < -0.39 is 0 Å². The minimum Gasteiger partial charge on any atom is -0.348 e. The van der Waals surface area contributed by atoms with Gasteiger partial charge in [0, 0.05) is 42.3 Å². The monoisotopic (exact) mass is 462 g/mol. The van der Waals surface area contributed by atoms with E-state index in [1.165, 1.54) is 6.20 Å². The number of amides is 1. The fourth-order valence-electron chi connectivity index (χ4n) is 3.49. The molecule has 4 heterocycles. The van der Waals surface area contributed by atoms with E-state index in [2.05, 4.69) is 30.5 Å². The number of nitrogens with one attached hydrogen (secondary N) is 2. The number of hydrogen-bond acceptors (Lipinski definition) is 5. The third-order valence-electron chi connectivity index (χ3n) is 5.06. The van der Waals surface area contributed by atoms with E-state index in [9.17, 15) is 4.79 Å². The molecule has 0 bridgehead atoms. The molecule has 0 aliphatic rings. The molecule has 0 unspecified atom stereocenters. The number of aromatic amines is 1. The first-order valence-corrected chi connectivity index (χ1v) is 10.6. The first-order valence-electron chi connectivity index (χ1n) is 9.81. The second kappa shape index (κ2) is 8.53. The number of nitrogens with zero attached hydrogens (tertiary/aromatic N) is 4. The third kappa shape index (κ3) is 4.26. The number of aromatic nitrogens is 5. The molecular weight excluding hydrogens is 447 g/mol. The zero-order valence-electron chi connectivity index (χ0n) is 16.6. The minimum atomic E-state index is -0.240. The van der Waals surface area contributed by atoms with Crippen LogP contribution in [0.2, 0.25) is 10.0 Å². The highest BCUT2D eigenvalue weighted by Gasteiger charge is 2.10. The molecule has 0 saturated carbocycles. The van der Waals surface area contributed by atoms with Crippen LogP contribution in [0.4, 0.5) is 0 Å². The molecule has 32 heavy (non-hydrogen) atoms. The van der Waals surface area contributed by atoms with Crippen LogP contribution in [0.25, 0.3) is 21.9 Å². The molecule has 2 N–H and O–H groups in total. The summed E-state index contributed by atoms with van der Waals surface area (Å²) in [7, 11) is 0. The average molecular weight is 463 g/mol. The van der Waals surface area contributed by atoms with Gasteiger partial charge in [0.25, 0.3) is 5.91 Å². The van der Waals surface area contributed by atoms with Crippen LogP contribution in [-0.2, 0) is 13.0 Å². The Morgan fingerprint density at radius 2 is 1.91 bits per heavy atom. The van der Waals surface area contributed by atoms with Gasteiger partial charge in [0.2, 0.25) is 0 Å². The highest BCUT2D eigenvalue weighted by atomic mass is 35.5. The van der Waals surface area contributed by atoms with Gasteiger partial charge < -0.3 is 10.3 Å². The molecule has 158 valence electrons. The van der Waals surface area contributed by atoms with Gasteiger partial charge in [-0.25, -0.2) is 4.98 Å². The smallest absolute Gasteiger partial charge is 0.253 e. The maximum atomic E-state index is 12.7. The minimum absolute atomic E-state index is 0.240. The molecular formula is C23H16Cl2N6O. The zero-order valence-corrected chi connectivity index (χ0v) is 18.2. The van der Waals surface area contributed by atoms with Crippen LogP contribution in [-0.4, -0.2) is 31.1 Å². The van der Waals surface area contributed by atoms with Gasteiger partial charge in [-0.1, -0.05) is 29.3 Å². The number of H-pyrrole nitrogens is 1. The van der Waals surface area contributed by atoms with Gasteiger partial charge in [0.15, 0.2) is 0 Å². The highest BCUT2D eigenvalue weighted by Crippen LogP contribution is 2.22. The first kappa shape index (κ1) is 20.4. The maximum Gasteiger partial charge on any atom is 0.253 e. The number of carbonyl (C=O) groups is 1. The molecule has 0 spiro atoms. The second-order valence-corrected chi connectivity index (χ2v) is 8.20. The maximum absolute atomic E-state index is 12.7. The standard InChI is InChI=1S/C23H16Cl2N6O/c24-17-6-15-3-13(1-2-21(15)26-11-17)4-18-7-16(10-30-31-18)23(32)29-9-14-5-19-20(25)12-28-22(19)27-8-14/h1-3,5-8,10-12H,4,9H2,(H,27,28)(H,29,32). The number of benzene rings is 1. The summed E-state index contributed by atoms with van der Waals surface area (Å²) in [4.78, 5) is 24.3. The Bertz CT molecular complexity index is 1470. The summed E-state index contributed by atoms with van der Waals surface area (Å²) >= 11 is 12.2. The number of pyridine rings is 2. The molecule has 1 aromatic carbocycles. The molecule has 0 aliphatic carbocycles. The Hall–Kier alpha value is -3.55. The quantitative estimate of drug-likeness (QED) is 0.393. The number of carbonyl (C=O) groups excluding carboxylic acids is 1. The molecule has 1 amide bonds. The molecule has 0 radical (unpaired) electrons. The Kier molecular flexibility index (Phi) is 5.43. The van der Waals surface area contributed by atoms with Gasteiger partial charge in [-0.3, -0.25) is 9.78 Å². The van der Waals surface area contributed by atoms with Crippen LogP contribution >= 0.6 is 23.2 Å². The molecule has 7 nitrogen and oxygen atoms in total. The molecule has 0 saturated heterocycles. The van der Waals surface area contributed by atoms with Crippen LogP contribution in [0, 0.1) is 0 Å². The highest BCUT2D eigenvalue weighted by molar-refractivity contribution is 6.35. The fraction of sp³-hybridized carbons (Fsp3) is 0.0870. The zero-order chi connectivity index (χ0) is 22.1. The lowest BCUT2D eigenvalue weighted by Gasteiger charge is -2.07. The molecule has 5 aromatic rings. The van der Waals surface area contributed by atoms with E-state index in [0.29, 0.717) is 39.9 Å². The van der Waals surface area contributed by atoms with E-state index in [1.807, 2.05) is 30.3 Å². The van der Waals surface area contributed by atoms with E-state index in [-0.39, 0.29) is 5.91 Å². The van der Waals surface area contributed by atoms with E-state index in [4.69, 9.17) is 23.2 Å². The van der Waals surface area contributed by atoms with E-state index >= 15 is 0 Å². The van der Waals surface area contributed by atoms with Crippen molar-refractivity contribution < 1.29 is 4.79 Å². The Balaban J connectivity index is 1.29. The normalized spacial score (nSPS) is 11.2. The van der Waals surface area contributed by atoms with Crippen molar-refractivity contribution >= 4 is 51.0 Å². The van der Waals surface area contributed by atoms with Crippen molar-refractivity contribution in [3.8, 4) is 0 Å². The molecule has 5 rings (SSSR count). The Morgan fingerprint density at radius 1 is 1.00 bits per heavy atom. The van der Waals surface area contributed by atoms with Gasteiger partial charge in [-0.05, 0) is 41.5 Å². The molecule has 0 aliphatic heterocycles. The van der Waals surface area contributed by atoms with Crippen LogP contribution in [0.1, 0.15) is 27.2 Å². The first-order chi connectivity index (χ1) is 15.5. The van der Waals surface area contributed by atoms with Crippen molar-refractivity contribution in [2.45, 2.75) is 13.0 Å². The van der Waals surface area contributed by atoms with Crippen LogP contribution in [0.15, 0.2) is 61.2 Å². The third-order valence-corrected chi connectivity index (χ3v) is 5.57. The lowest BCUT2D eigenvalue weighted by atomic mass is 10.1. The lowest BCUT2D eigenvalue weighted by molar-refractivity contribution is 0.0950. The topological polar surface area (TPSA) is 96.5 Å². The summed E-state index contributed by atoms with van der Waals surface area (Å²) in [6.07, 6.45) is 6.99. The van der Waals surface area contributed by atoms with Crippen LogP contribution < -0.4 is 5.32 Å². The molecule has 0 atom stereocenters. The Morgan fingerprint density at radius 3 is 2.81 bits per heavy atom. The summed E-state index contributed by atoms with van der Waals surface area (Å²) in [5.74, 6) is -0.240. The van der Waals surface area contributed by atoms with Crippen molar-refractivity contribution in [2.24, 2.45) is 0 Å². The van der Waals surface area contributed by atoms with Gasteiger partial charge in [0.1, 0.15) is 5.65 Å².